The van der Waals surface area contributed by atoms with E-state index >= 15 is 0 Å². The molecule has 7 heteroatoms. The smallest absolute Gasteiger partial charge is 0.412 e. The van der Waals surface area contributed by atoms with Crippen molar-refractivity contribution < 1.29 is 23.9 Å². The Morgan fingerprint density at radius 1 is 1.04 bits per heavy atom. The molecule has 26 heavy (non-hydrogen) atoms. The van der Waals surface area contributed by atoms with Crippen molar-refractivity contribution in [1.29, 1.82) is 0 Å². The zero-order valence-electron chi connectivity index (χ0n) is 15.9. The molecule has 144 valence electrons. The number of rotatable bonds is 8. The molecule has 0 aliphatic heterocycles. The summed E-state index contributed by atoms with van der Waals surface area (Å²) in [5.74, 6) is -0.921. The molecule has 1 rings (SSSR count). The zero-order chi connectivity index (χ0) is 19.6. The highest BCUT2D eigenvalue weighted by Gasteiger charge is 2.16. The van der Waals surface area contributed by atoms with Crippen LogP contribution in [-0.4, -0.2) is 36.7 Å². The van der Waals surface area contributed by atoms with Crippen LogP contribution in [0, 0.1) is 0 Å². The molecule has 0 unspecified atom stereocenters. The molecular formula is C19H28N2O5. The van der Waals surface area contributed by atoms with Gasteiger partial charge in [0.05, 0.1) is 5.56 Å². The molecule has 1 aromatic carbocycles. The molecule has 0 saturated carbocycles. The lowest BCUT2D eigenvalue weighted by molar-refractivity contribution is -0.124. The summed E-state index contributed by atoms with van der Waals surface area (Å²) in [6.07, 6.45) is 2.45. The van der Waals surface area contributed by atoms with Crippen LogP contribution in [0.15, 0.2) is 24.3 Å². The average Bonchev–Trinajstić information content (AvgIpc) is 2.55. The lowest BCUT2D eigenvalue weighted by atomic mass is 10.2. The van der Waals surface area contributed by atoms with Crippen molar-refractivity contribution in [3.8, 4) is 0 Å². The predicted octanol–water partition coefficient (Wildman–Crippen LogP) is 3.50. The first kappa shape index (κ1) is 21.5. The summed E-state index contributed by atoms with van der Waals surface area (Å²) in [5, 5.41) is 5.27. The van der Waals surface area contributed by atoms with Gasteiger partial charge in [-0.05, 0) is 51.5 Å². The first-order chi connectivity index (χ1) is 12.2. The summed E-state index contributed by atoms with van der Waals surface area (Å²) < 4.78 is 10.1. The van der Waals surface area contributed by atoms with Gasteiger partial charge in [-0.3, -0.25) is 10.1 Å². The Hall–Kier alpha value is -2.57. The Morgan fingerprint density at radius 2 is 1.69 bits per heavy atom. The highest BCUT2D eigenvalue weighted by molar-refractivity contribution is 5.92. The minimum atomic E-state index is -0.600. The van der Waals surface area contributed by atoms with Crippen LogP contribution in [0.2, 0.25) is 0 Å². The topological polar surface area (TPSA) is 93.7 Å². The highest BCUT2D eigenvalue weighted by atomic mass is 16.6. The maximum absolute atomic E-state index is 11.9. The Morgan fingerprint density at radius 3 is 2.27 bits per heavy atom. The van der Waals surface area contributed by atoms with Gasteiger partial charge in [0.2, 0.25) is 0 Å². The second-order valence-corrected chi connectivity index (χ2v) is 6.84. The second kappa shape index (κ2) is 10.4. The van der Waals surface area contributed by atoms with Gasteiger partial charge < -0.3 is 14.8 Å². The van der Waals surface area contributed by atoms with Crippen molar-refractivity contribution in [1.82, 2.24) is 5.32 Å². The molecule has 2 N–H and O–H groups in total. The molecular weight excluding hydrogens is 336 g/mol. The van der Waals surface area contributed by atoms with Gasteiger partial charge in [-0.2, -0.15) is 0 Å². The minimum absolute atomic E-state index is 0.290. The standard InChI is InChI=1S/C19H28N2O5/c1-5-6-7-12-20-16(22)13-25-17(23)14-8-10-15(11-9-14)21-18(24)26-19(2,3)4/h8-11H,5-7,12-13H2,1-4H3,(H,20,22)(H,21,24). The Balaban J connectivity index is 2.41. The number of esters is 1. The number of benzene rings is 1. The van der Waals surface area contributed by atoms with Crippen LogP contribution in [-0.2, 0) is 14.3 Å². The van der Waals surface area contributed by atoms with Crippen molar-refractivity contribution in [2.75, 3.05) is 18.5 Å². The fourth-order valence-corrected chi connectivity index (χ4v) is 1.98. The maximum atomic E-state index is 11.9. The van der Waals surface area contributed by atoms with Gasteiger partial charge in [0, 0.05) is 12.2 Å². The molecule has 0 aromatic heterocycles. The van der Waals surface area contributed by atoms with E-state index in [0.717, 1.165) is 19.3 Å². The van der Waals surface area contributed by atoms with Gasteiger partial charge in [0.25, 0.3) is 5.91 Å². The van der Waals surface area contributed by atoms with E-state index in [1.165, 1.54) is 12.1 Å². The summed E-state index contributed by atoms with van der Waals surface area (Å²) in [6.45, 7) is 7.65. The second-order valence-electron chi connectivity index (χ2n) is 6.84. The average molecular weight is 364 g/mol. The number of nitrogens with one attached hydrogen (secondary N) is 2. The Kier molecular flexibility index (Phi) is 8.61. The van der Waals surface area contributed by atoms with Crippen LogP contribution in [0.1, 0.15) is 57.3 Å². The normalized spacial score (nSPS) is 10.8. The third-order valence-corrected chi connectivity index (χ3v) is 3.20. The number of ether oxygens (including phenoxy) is 2. The van der Waals surface area contributed by atoms with Crippen LogP contribution in [0.5, 0.6) is 0 Å². The van der Waals surface area contributed by atoms with Gasteiger partial charge in [-0.25, -0.2) is 9.59 Å². The summed E-state index contributed by atoms with van der Waals surface area (Å²) in [5.41, 5.74) is 0.188. The van der Waals surface area contributed by atoms with Crippen molar-refractivity contribution in [2.24, 2.45) is 0 Å². The fraction of sp³-hybridized carbons (Fsp3) is 0.526. The van der Waals surface area contributed by atoms with Gasteiger partial charge in [0.1, 0.15) is 5.60 Å². The summed E-state index contributed by atoms with van der Waals surface area (Å²) >= 11 is 0. The first-order valence-corrected chi connectivity index (χ1v) is 8.75. The lowest BCUT2D eigenvalue weighted by Crippen LogP contribution is -2.29. The first-order valence-electron chi connectivity index (χ1n) is 8.75. The highest BCUT2D eigenvalue weighted by Crippen LogP contribution is 2.13. The molecule has 0 radical (unpaired) electrons. The van der Waals surface area contributed by atoms with E-state index in [1.807, 2.05) is 0 Å². The molecule has 0 aliphatic carbocycles. The van der Waals surface area contributed by atoms with Crippen LogP contribution >= 0.6 is 0 Å². The quantitative estimate of drug-likeness (QED) is 0.544. The van der Waals surface area contributed by atoms with Crippen LogP contribution in [0.3, 0.4) is 0 Å². The third kappa shape index (κ3) is 9.05. The van der Waals surface area contributed by atoms with Gasteiger partial charge >= 0.3 is 12.1 Å². The number of carbonyl (C=O) groups is 3. The molecule has 0 heterocycles. The van der Waals surface area contributed by atoms with Crippen LogP contribution < -0.4 is 10.6 Å². The molecule has 0 aliphatic rings. The van der Waals surface area contributed by atoms with E-state index in [1.54, 1.807) is 32.9 Å². The lowest BCUT2D eigenvalue weighted by Gasteiger charge is -2.19. The van der Waals surface area contributed by atoms with Crippen molar-refractivity contribution in [3.63, 3.8) is 0 Å². The van der Waals surface area contributed by atoms with E-state index < -0.39 is 17.7 Å². The maximum Gasteiger partial charge on any atom is 0.412 e. The Labute approximate surface area is 154 Å². The summed E-state index contributed by atoms with van der Waals surface area (Å²) in [4.78, 5) is 35.2. The van der Waals surface area contributed by atoms with Gasteiger partial charge in [-0.1, -0.05) is 19.8 Å². The zero-order valence-corrected chi connectivity index (χ0v) is 15.9. The van der Waals surface area contributed by atoms with Crippen LogP contribution in [0.4, 0.5) is 10.5 Å². The van der Waals surface area contributed by atoms with E-state index in [2.05, 4.69) is 17.6 Å². The van der Waals surface area contributed by atoms with E-state index in [0.29, 0.717) is 17.8 Å². The minimum Gasteiger partial charge on any atom is -0.452 e. The summed E-state index contributed by atoms with van der Waals surface area (Å²) in [7, 11) is 0. The number of hydrogen-bond donors (Lipinski definition) is 2. The van der Waals surface area contributed by atoms with Crippen molar-refractivity contribution >= 4 is 23.7 Å². The molecule has 0 spiro atoms. The summed E-state index contributed by atoms with van der Waals surface area (Å²) in [6, 6.07) is 6.14. The monoisotopic (exact) mass is 364 g/mol. The van der Waals surface area contributed by atoms with Crippen molar-refractivity contribution in [2.45, 2.75) is 52.6 Å². The molecule has 0 saturated heterocycles. The molecule has 0 fully saturated rings. The van der Waals surface area contributed by atoms with E-state index in [9.17, 15) is 14.4 Å². The predicted molar refractivity (Wildman–Crippen MR) is 99.1 cm³/mol. The number of unbranched alkanes of at least 4 members (excludes halogenated alkanes) is 2. The van der Waals surface area contributed by atoms with E-state index in [4.69, 9.17) is 9.47 Å². The molecule has 2 amide bonds. The molecule has 1 aromatic rings. The number of amides is 2. The van der Waals surface area contributed by atoms with Gasteiger partial charge in [-0.15, -0.1) is 0 Å². The SMILES string of the molecule is CCCCCNC(=O)COC(=O)c1ccc(NC(=O)OC(C)(C)C)cc1. The van der Waals surface area contributed by atoms with Crippen LogP contribution in [0.25, 0.3) is 0 Å². The Bertz CT molecular complexity index is 605. The molecule has 0 atom stereocenters. The third-order valence-electron chi connectivity index (χ3n) is 3.20. The van der Waals surface area contributed by atoms with Crippen molar-refractivity contribution in [3.05, 3.63) is 29.8 Å². The molecule has 0 bridgehead atoms. The largest absolute Gasteiger partial charge is 0.452 e. The number of carbonyl (C=O) groups excluding carboxylic acids is 3. The fourth-order valence-electron chi connectivity index (χ4n) is 1.98. The molecule has 7 nitrogen and oxygen atoms in total. The van der Waals surface area contributed by atoms with Gasteiger partial charge in [0.15, 0.2) is 6.61 Å². The van der Waals surface area contributed by atoms with E-state index in [-0.39, 0.29) is 12.5 Å². The number of hydrogen-bond acceptors (Lipinski definition) is 5. The number of anilines is 1.